The molecule has 1 aromatic heterocycles. The van der Waals surface area contributed by atoms with Gasteiger partial charge in [-0.3, -0.25) is 0 Å². The van der Waals surface area contributed by atoms with Crippen LogP contribution in [-0.4, -0.2) is 39.2 Å². The number of carbonyl (C=O) groups is 1. The van der Waals surface area contributed by atoms with E-state index in [1.54, 1.807) is 9.47 Å². The summed E-state index contributed by atoms with van der Waals surface area (Å²) < 4.78 is 7.11. The van der Waals surface area contributed by atoms with Crippen LogP contribution < -0.4 is 0 Å². The quantitative estimate of drug-likeness (QED) is 0.834. The van der Waals surface area contributed by atoms with E-state index < -0.39 is 5.60 Å². The number of aromatic nitrogens is 2. The van der Waals surface area contributed by atoms with Crippen molar-refractivity contribution in [3.63, 3.8) is 0 Å². The maximum Gasteiger partial charge on any atom is 0.410 e. The van der Waals surface area contributed by atoms with Gasteiger partial charge in [-0.2, -0.15) is 10.5 Å². The normalized spacial score (nSPS) is 18.1. The number of hydrogen-bond acceptors (Lipinski definition) is 5. The molecule has 122 valence electrons. The van der Waals surface area contributed by atoms with E-state index in [-0.39, 0.29) is 23.4 Å². The van der Waals surface area contributed by atoms with Crippen LogP contribution in [0.4, 0.5) is 4.79 Å². The minimum Gasteiger partial charge on any atom is -0.444 e. The molecule has 1 saturated heterocycles. The monoisotopic (exact) mass is 315 g/mol. The van der Waals surface area contributed by atoms with Gasteiger partial charge in [-0.25, -0.2) is 9.78 Å². The second-order valence-corrected chi connectivity index (χ2v) is 6.75. The van der Waals surface area contributed by atoms with Crippen molar-refractivity contribution in [2.45, 2.75) is 45.8 Å². The molecule has 1 unspecified atom stereocenters. The summed E-state index contributed by atoms with van der Waals surface area (Å²) in [5.41, 5.74) is -0.0847. The summed E-state index contributed by atoms with van der Waals surface area (Å²) in [7, 11) is 0. The van der Waals surface area contributed by atoms with Gasteiger partial charge >= 0.3 is 6.09 Å². The summed E-state index contributed by atoms with van der Waals surface area (Å²) in [5, 5.41) is 18.1. The lowest BCUT2D eigenvalue weighted by atomic mass is 9.98. The van der Waals surface area contributed by atoms with Gasteiger partial charge in [-0.15, -0.1) is 0 Å². The first-order valence-corrected chi connectivity index (χ1v) is 7.67. The fourth-order valence-corrected chi connectivity index (χ4v) is 2.70. The van der Waals surface area contributed by atoms with Gasteiger partial charge in [0.1, 0.15) is 17.7 Å². The first-order valence-electron chi connectivity index (χ1n) is 7.67. The Balaban J connectivity index is 2.03. The van der Waals surface area contributed by atoms with Gasteiger partial charge in [0.2, 0.25) is 0 Å². The molecule has 2 heterocycles. The number of imidazole rings is 1. The van der Waals surface area contributed by atoms with Crippen LogP contribution in [0, 0.1) is 28.6 Å². The predicted molar refractivity (Wildman–Crippen MR) is 82.2 cm³/mol. The van der Waals surface area contributed by atoms with Crippen LogP contribution in [0.2, 0.25) is 0 Å². The van der Waals surface area contributed by atoms with Gasteiger partial charge in [0.05, 0.1) is 6.33 Å². The molecule has 0 bridgehead atoms. The summed E-state index contributed by atoms with van der Waals surface area (Å²) in [5.74, 6) is 0.212. The second kappa shape index (κ2) is 6.70. The SMILES string of the molecule is CC(C)(C)OC(=O)N1CCCC(Cn2cnc(C#N)c2C#N)C1. The Bertz CT molecular complexity index is 659. The highest BCUT2D eigenvalue weighted by atomic mass is 16.6. The number of hydrogen-bond donors (Lipinski definition) is 0. The number of piperidine rings is 1. The molecule has 23 heavy (non-hydrogen) atoms. The van der Waals surface area contributed by atoms with E-state index in [4.69, 9.17) is 10.00 Å². The van der Waals surface area contributed by atoms with Crippen molar-refractivity contribution in [1.82, 2.24) is 14.5 Å². The van der Waals surface area contributed by atoms with Crippen molar-refractivity contribution in [3.05, 3.63) is 17.7 Å². The molecular formula is C16H21N5O2. The lowest BCUT2D eigenvalue weighted by molar-refractivity contribution is 0.0157. The Morgan fingerprint density at radius 2 is 2.17 bits per heavy atom. The molecule has 0 aliphatic carbocycles. The smallest absolute Gasteiger partial charge is 0.410 e. The third-order valence-electron chi connectivity index (χ3n) is 3.68. The molecular weight excluding hydrogens is 294 g/mol. The number of rotatable bonds is 2. The average molecular weight is 315 g/mol. The highest BCUT2D eigenvalue weighted by Gasteiger charge is 2.28. The average Bonchev–Trinajstić information content (AvgIpc) is 2.87. The molecule has 2 rings (SSSR count). The number of ether oxygens (including phenoxy) is 1. The molecule has 1 aliphatic rings. The molecule has 7 heteroatoms. The van der Waals surface area contributed by atoms with Crippen LogP contribution in [0.5, 0.6) is 0 Å². The Morgan fingerprint density at radius 1 is 1.43 bits per heavy atom. The highest BCUT2D eigenvalue weighted by Crippen LogP contribution is 2.21. The van der Waals surface area contributed by atoms with Gasteiger partial charge < -0.3 is 14.2 Å². The standard InChI is InChI=1S/C16H21N5O2/c1-16(2,3)23-15(22)20-6-4-5-12(9-20)10-21-11-19-13(7-17)14(21)8-18/h11-12H,4-6,9-10H2,1-3H3. The molecule has 0 saturated carbocycles. The lowest BCUT2D eigenvalue weighted by Crippen LogP contribution is -2.43. The summed E-state index contributed by atoms with van der Waals surface area (Å²) in [6.07, 6.45) is 3.07. The van der Waals surface area contributed by atoms with Crippen LogP contribution in [0.1, 0.15) is 45.0 Å². The Hall–Kier alpha value is -2.54. The number of nitrogens with zero attached hydrogens (tertiary/aromatic N) is 5. The Kier molecular flexibility index (Phi) is 4.90. The fourth-order valence-electron chi connectivity index (χ4n) is 2.70. The van der Waals surface area contributed by atoms with Crippen LogP contribution in [0.3, 0.4) is 0 Å². The molecule has 1 aliphatic heterocycles. The maximum atomic E-state index is 12.2. The molecule has 0 aromatic carbocycles. The fraction of sp³-hybridized carbons (Fsp3) is 0.625. The first-order chi connectivity index (χ1) is 10.8. The largest absolute Gasteiger partial charge is 0.444 e. The van der Waals surface area contributed by atoms with Crippen molar-refractivity contribution >= 4 is 6.09 Å². The van der Waals surface area contributed by atoms with Crippen molar-refractivity contribution in [3.8, 4) is 12.1 Å². The third-order valence-corrected chi connectivity index (χ3v) is 3.68. The van der Waals surface area contributed by atoms with E-state index in [0.717, 1.165) is 12.8 Å². The molecule has 0 spiro atoms. The zero-order valence-corrected chi connectivity index (χ0v) is 13.7. The summed E-state index contributed by atoms with van der Waals surface area (Å²) >= 11 is 0. The maximum absolute atomic E-state index is 12.2. The van der Waals surface area contributed by atoms with Crippen molar-refractivity contribution < 1.29 is 9.53 Å². The van der Waals surface area contributed by atoms with E-state index in [1.807, 2.05) is 32.9 Å². The third kappa shape index (κ3) is 4.23. The Labute approximate surface area is 136 Å². The summed E-state index contributed by atoms with van der Waals surface area (Å²) in [4.78, 5) is 17.8. The molecule has 1 amide bonds. The van der Waals surface area contributed by atoms with Crippen LogP contribution in [-0.2, 0) is 11.3 Å². The number of amides is 1. The van der Waals surface area contributed by atoms with Gasteiger partial charge in [-0.1, -0.05) is 0 Å². The number of likely N-dealkylation sites (tertiary alicyclic amines) is 1. The molecule has 7 nitrogen and oxygen atoms in total. The molecule has 1 atom stereocenters. The van der Waals surface area contributed by atoms with Crippen LogP contribution >= 0.6 is 0 Å². The zero-order chi connectivity index (χ0) is 17.0. The first kappa shape index (κ1) is 16.8. The number of nitriles is 2. The van der Waals surface area contributed by atoms with Crippen molar-refractivity contribution in [1.29, 1.82) is 10.5 Å². The van der Waals surface area contributed by atoms with Crippen LogP contribution in [0.15, 0.2) is 6.33 Å². The van der Waals surface area contributed by atoms with E-state index in [2.05, 4.69) is 4.98 Å². The number of carbonyl (C=O) groups excluding carboxylic acids is 1. The van der Waals surface area contributed by atoms with Crippen LogP contribution in [0.25, 0.3) is 0 Å². The summed E-state index contributed by atoms with van der Waals surface area (Å²) in [6.45, 7) is 7.38. The van der Waals surface area contributed by atoms with Gasteiger partial charge in [-0.05, 0) is 39.5 Å². The molecule has 0 N–H and O–H groups in total. The molecule has 0 radical (unpaired) electrons. The van der Waals surface area contributed by atoms with Gasteiger partial charge in [0.15, 0.2) is 11.4 Å². The van der Waals surface area contributed by atoms with Crippen molar-refractivity contribution in [2.75, 3.05) is 13.1 Å². The van der Waals surface area contributed by atoms with Gasteiger partial charge in [0.25, 0.3) is 0 Å². The highest BCUT2D eigenvalue weighted by molar-refractivity contribution is 5.68. The molecule has 1 fully saturated rings. The van der Waals surface area contributed by atoms with Crippen molar-refractivity contribution in [2.24, 2.45) is 5.92 Å². The Morgan fingerprint density at radius 3 is 2.78 bits per heavy atom. The minimum atomic E-state index is -0.510. The zero-order valence-electron chi connectivity index (χ0n) is 13.7. The van der Waals surface area contributed by atoms with E-state index >= 15 is 0 Å². The minimum absolute atomic E-state index is 0.146. The van der Waals surface area contributed by atoms with E-state index in [0.29, 0.717) is 19.6 Å². The topological polar surface area (TPSA) is 94.9 Å². The lowest BCUT2D eigenvalue weighted by Gasteiger charge is -2.34. The summed E-state index contributed by atoms with van der Waals surface area (Å²) in [6, 6.07) is 3.94. The molecule has 1 aromatic rings. The predicted octanol–water partition coefficient (Wildman–Crippen LogP) is 2.27. The second-order valence-electron chi connectivity index (χ2n) is 6.75. The van der Waals surface area contributed by atoms with Gasteiger partial charge in [0, 0.05) is 19.6 Å². The van der Waals surface area contributed by atoms with E-state index in [9.17, 15) is 10.1 Å². The van der Waals surface area contributed by atoms with E-state index in [1.165, 1.54) is 6.33 Å².